The lowest BCUT2D eigenvalue weighted by atomic mass is 10.0. The van der Waals surface area contributed by atoms with Crippen molar-refractivity contribution in [2.75, 3.05) is 0 Å². The van der Waals surface area contributed by atoms with Gasteiger partial charge in [0.05, 0.1) is 22.4 Å². The quantitative estimate of drug-likeness (QED) is 0.261. The van der Waals surface area contributed by atoms with Gasteiger partial charge in [0.1, 0.15) is 0 Å². The number of hydrogen-bond donors (Lipinski definition) is 0. The van der Waals surface area contributed by atoms with Gasteiger partial charge in [-0.2, -0.15) is 0 Å². The van der Waals surface area contributed by atoms with Crippen LogP contribution in [0.4, 0.5) is 0 Å². The second-order valence-electron chi connectivity index (χ2n) is 9.22. The van der Waals surface area contributed by atoms with Crippen LogP contribution in [0.2, 0.25) is 0 Å². The number of nitrogens with zero attached hydrogens (tertiary/aromatic N) is 2. The van der Waals surface area contributed by atoms with Crippen LogP contribution in [0, 0.1) is 0 Å². The van der Waals surface area contributed by atoms with Crippen LogP contribution in [0.5, 0.6) is 0 Å². The zero-order valence-corrected chi connectivity index (χ0v) is 18.9. The molecule has 0 radical (unpaired) electrons. The van der Waals surface area contributed by atoms with Crippen LogP contribution in [0.3, 0.4) is 0 Å². The highest BCUT2D eigenvalue weighted by atomic mass is 15.0. The number of hydrogen-bond acceptors (Lipinski definition) is 1. The molecule has 7 aromatic rings. The molecule has 0 amide bonds. The van der Waals surface area contributed by atoms with E-state index in [1.165, 1.54) is 55.0 Å². The molecule has 0 spiro atoms. The third-order valence-electron chi connectivity index (χ3n) is 7.33. The minimum atomic E-state index is 1.01. The fourth-order valence-corrected chi connectivity index (χ4v) is 5.79. The SMILES string of the molecule is c1ccc(-n2c3ccccc3c3cc(-c4ccc5c(n4)-c4cccc6cccc-5c46)ccc32)cc1. The van der Waals surface area contributed by atoms with Gasteiger partial charge in [0.15, 0.2) is 0 Å². The van der Waals surface area contributed by atoms with E-state index >= 15 is 0 Å². The first-order valence-electron chi connectivity index (χ1n) is 12.0. The topological polar surface area (TPSA) is 17.8 Å². The first-order chi connectivity index (χ1) is 17.4. The summed E-state index contributed by atoms with van der Waals surface area (Å²) in [5, 5.41) is 5.09. The maximum atomic E-state index is 5.21. The molecule has 1 aliphatic carbocycles. The van der Waals surface area contributed by atoms with Crippen molar-refractivity contribution >= 4 is 32.6 Å². The minimum Gasteiger partial charge on any atom is -0.309 e. The highest BCUT2D eigenvalue weighted by molar-refractivity contribution is 6.14. The number of para-hydroxylation sites is 2. The van der Waals surface area contributed by atoms with Gasteiger partial charge < -0.3 is 4.57 Å². The lowest BCUT2D eigenvalue weighted by Gasteiger charge is -2.09. The standard InChI is InChI=1S/C33H20N2/c1-2-10-23(11-3-1)35-30-15-5-4-12-24(30)28-20-22(16-19-31(28)35)29-18-17-26-25-13-6-8-21-9-7-14-27(32(21)25)33(26)34-29/h1-20H. The molecule has 0 N–H and O–H groups in total. The van der Waals surface area contributed by atoms with Gasteiger partial charge in [-0.3, -0.25) is 0 Å². The van der Waals surface area contributed by atoms with E-state index in [9.17, 15) is 0 Å². The molecule has 8 rings (SSSR count). The molecule has 0 bridgehead atoms. The Morgan fingerprint density at radius 3 is 2.17 bits per heavy atom. The Balaban J connectivity index is 1.35. The zero-order valence-electron chi connectivity index (χ0n) is 18.9. The highest BCUT2D eigenvalue weighted by Gasteiger charge is 2.23. The summed E-state index contributed by atoms with van der Waals surface area (Å²) >= 11 is 0. The van der Waals surface area contributed by atoms with Crippen molar-refractivity contribution in [1.82, 2.24) is 9.55 Å². The van der Waals surface area contributed by atoms with E-state index < -0.39 is 0 Å². The molecule has 35 heavy (non-hydrogen) atoms. The lowest BCUT2D eigenvalue weighted by Crippen LogP contribution is -1.93. The molecule has 0 saturated carbocycles. The molecule has 1 aliphatic rings. The summed E-state index contributed by atoms with van der Waals surface area (Å²) in [5.41, 5.74) is 10.6. The molecule has 162 valence electrons. The molecule has 0 fully saturated rings. The third-order valence-corrected chi connectivity index (χ3v) is 7.33. The molecule has 0 saturated heterocycles. The van der Waals surface area contributed by atoms with E-state index in [-0.39, 0.29) is 0 Å². The van der Waals surface area contributed by atoms with Crippen molar-refractivity contribution in [1.29, 1.82) is 0 Å². The van der Waals surface area contributed by atoms with E-state index in [1.54, 1.807) is 0 Å². The van der Waals surface area contributed by atoms with Gasteiger partial charge >= 0.3 is 0 Å². The van der Waals surface area contributed by atoms with Crippen molar-refractivity contribution in [2.24, 2.45) is 0 Å². The molecule has 2 nitrogen and oxygen atoms in total. The highest BCUT2D eigenvalue weighted by Crippen LogP contribution is 2.46. The van der Waals surface area contributed by atoms with Crippen molar-refractivity contribution in [3.05, 3.63) is 121 Å². The number of fused-ring (bicyclic) bond motifs is 6. The minimum absolute atomic E-state index is 1.01. The average Bonchev–Trinajstić information content (AvgIpc) is 3.43. The Kier molecular flexibility index (Phi) is 3.69. The Morgan fingerprint density at radius 2 is 1.29 bits per heavy atom. The molecule has 2 heteroatoms. The van der Waals surface area contributed by atoms with Gasteiger partial charge in [-0.25, -0.2) is 4.98 Å². The van der Waals surface area contributed by atoms with Crippen LogP contribution in [0.15, 0.2) is 121 Å². The van der Waals surface area contributed by atoms with Crippen LogP contribution in [-0.2, 0) is 0 Å². The Bertz CT molecular complexity index is 1940. The number of pyridine rings is 1. The van der Waals surface area contributed by atoms with Crippen molar-refractivity contribution in [2.45, 2.75) is 0 Å². The van der Waals surface area contributed by atoms with E-state index in [4.69, 9.17) is 4.98 Å². The lowest BCUT2D eigenvalue weighted by molar-refractivity contribution is 1.18. The molecule has 2 heterocycles. The van der Waals surface area contributed by atoms with Crippen molar-refractivity contribution in [3.63, 3.8) is 0 Å². The van der Waals surface area contributed by atoms with Gasteiger partial charge in [0.25, 0.3) is 0 Å². The van der Waals surface area contributed by atoms with E-state index in [2.05, 4.69) is 126 Å². The first-order valence-corrected chi connectivity index (χ1v) is 12.0. The van der Waals surface area contributed by atoms with Crippen molar-refractivity contribution in [3.8, 4) is 39.3 Å². The summed E-state index contributed by atoms with van der Waals surface area (Å²) in [6.07, 6.45) is 0. The molecular weight excluding hydrogens is 424 g/mol. The van der Waals surface area contributed by atoms with Crippen LogP contribution in [-0.4, -0.2) is 9.55 Å². The summed E-state index contributed by atoms with van der Waals surface area (Å²) in [6, 6.07) is 43.4. The monoisotopic (exact) mass is 444 g/mol. The Labute approximate surface area is 202 Å². The molecule has 0 unspecified atom stereocenters. The fourth-order valence-electron chi connectivity index (χ4n) is 5.79. The van der Waals surface area contributed by atoms with Crippen LogP contribution in [0.1, 0.15) is 0 Å². The normalized spacial score (nSPS) is 12.0. The van der Waals surface area contributed by atoms with Gasteiger partial charge in [0, 0.05) is 33.2 Å². The second-order valence-corrected chi connectivity index (χ2v) is 9.22. The van der Waals surface area contributed by atoms with Gasteiger partial charge in [-0.05, 0) is 58.8 Å². The Morgan fingerprint density at radius 1 is 0.514 bits per heavy atom. The number of aromatic nitrogens is 2. The average molecular weight is 445 g/mol. The second kappa shape index (κ2) is 6.91. The molecule has 0 atom stereocenters. The molecule has 0 aliphatic heterocycles. The van der Waals surface area contributed by atoms with Gasteiger partial charge in [0.2, 0.25) is 0 Å². The summed E-state index contributed by atoms with van der Waals surface area (Å²) in [6.45, 7) is 0. The Hall–Kier alpha value is -4.69. The number of benzene rings is 5. The van der Waals surface area contributed by atoms with Crippen LogP contribution >= 0.6 is 0 Å². The molecule has 5 aromatic carbocycles. The van der Waals surface area contributed by atoms with E-state index in [0.717, 1.165) is 17.0 Å². The third kappa shape index (κ3) is 2.57. The predicted molar refractivity (Wildman–Crippen MR) is 146 cm³/mol. The number of rotatable bonds is 2. The molecular formula is C33H20N2. The summed E-state index contributed by atoms with van der Waals surface area (Å²) in [5.74, 6) is 0. The van der Waals surface area contributed by atoms with Crippen LogP contribution < -0.4 is 0 Å². The van der Waals surface area contributed by atoms with Gasteiger partial charge in [-0.15, -0.1) is 0 Å². The largest absolute Gasteiger partial charge is 0.309 e. The maximum absolute atomic E-state index is 5.21. The zero-order chi connectivity index (χ0) is 22.9. The first kappa shape index (κ1) is 18.7. The summed E-state index contributed by atoms with van der Waals surface area (Å²) in [4.78, 5) is 5.21. The fraction of sp³-hybridized carbons (Fsp3) is 0. The van der Waals surface area contributed by atoms with E-state index in [1.807, 2.05) is 0 Å². The maximum Gasteiger partial charge on any atom is 0.0794 e. The van der Waals surface area contributed by atoms with Gasteiger partial charge in [-0.1, -0.05) is 78.9 Å². The summed E-state index contributed by atoms with van der Waals surface area (Å²) in [7, 11) is 0. The predicted octanol–water partition coefficient (Wildman–Crippen LogP) is 8.65. The smallest absolute Gasteiger partial charge is 0.0794 e. The van der Waals surface area contributed by atoms with Crippen molar-refractivity contribution < 1.29 is 0 Å². The summed E-state index contributed by atoms with van der Waals surface area (Å²) < 4.78 is 2.35. The van der Waals surface area contributed by atoms with E-state index in [0.29, 0.717) is 0 Å². The van der Waals surface area contributed by atoms with Crippen LogP contribution in [0.25, 0.3) is 71.9 Å². The molecule has 2 aromatic heterocycles.